The summed E-state index contributed by atoms with van der Waals surface area (Å²) in [6.45, 7) is 5.25. The van der Waals surface area contributed by atoms with Gasteiger partial charge in [0.15, 0.2) is 10.8 Å². The van der Waals surface area contributed by atoms with Crippen LogP contribution in [0.5, 0.6) is 0 Å². The number of hydrogen-bond acceptors (Lipinski definition) is 4. The molecule has 4 nitrogen and oxygen atoms in total. The van der Waals surface area contributed by atoms with Crippen molar-refractivity contribution >= 4 is 22.1 Å². The van der Waals surface area contributed by atoms with Crippen molar-refractivity contribution in [3.05, 3.63) is 17.3 Å². The van der Waals surface area contributed by atoms with Gasteiger partial charge in [0.05, 0.1) is 5.69 Å². The van der Waals surface area contributed by atoms with Crippen LogP contribution >= 0.6 is 11.3 Å². The molecular formula is C15H24N4S. The van der Waals surface area contributed by atoms with E-state index in [4.69, 9.17) is 4.98 Å². The van der Waals surface area contributed by atoms with E-state index >= 15 is 0 Å². The summed E-state index contributed by atoms with van der Waals surface area (Å²) in [4.78, 5) is 8.37. The van der Waals surface area contributed by atoms with Gasteiger partial charge in [-0.2, -0.15) is 0 Å². The monoisotopic (exact) mass is 292 g/mol. The molecule has 0 bridgehead atoms. The first kappa shape index (κ1) is 13.9. The van der Waals surface area contributed by atoms with E-state index in [1.54, 1.807) is 11.3 Å². The third kappa shape index (κ3) is 2.56. The van der Waals surface area contributed by atoms with Gasteiger partial charge < -0.3 is 10.2 Å². The van der Waals surface area contributed by atoms with Crippen LogP contribution in [0.1, 0.15) is 45.2 Å². The molecule has 0 aromatic carbocycles. The largest absolute Gasteiger partial charge is 0.355 e. The number of nitrogens with one attached hydrogen (secondary N) is 1. The van der Waals surface area contributed by atoms with E-state index in [-0.39, 0.29) is 0 Å². The van der Waals surface area contributed by atoms with Gasteiger partial charge in [-0.15, -0.1) is 11.3 Å². The molecule has 0 atom stereocenters. The molecule has 1 saturated carbocycles. The average molecular weight is 292 g/mol. The Morgan fingerprint density at radius 2 is 2.20 bits per heavy atom. The highest BCUT2D eigenvalue weighted by Crippen LogP contribution is 2.30. The van der Waals surface area contributed by atoms with Gasteiger partial charge in [-0.05, 0) is 12.8 Å². The first-order chi connectivity index (χ1) is 9.66. The van der Waals surface area contributed by atoms with Crippen LogP contribution in [0, 0.1) is 0 Å². The quantitative estimate of drug-likeness (QED) is 0.918. The normalized spacial score (nSPS) is 16.6. The molecular weight excluding hydrogens is 268 g/mol. The Labute approximate surface area is 124 Å². The Hall–Kier alpha value is -1.07. The van der Waals surface area contributed by atoms with Crippen molar-refractivity contribution in [3.63, 3.8) is 0 Å². The molecule has 5 heteroatoms. The Morgan fingerprint density at radius 1 is 1.45 bits per heavy atom. The molecule has 1 aliphatic carbocycles. The summed E-state index contributed by atoms with van der Waals surface area (Å²) in [5, 5.41) is 5.64. The molecule has 2 aromatic heterocycles. The zero-order valence-electron chi connectivity index (χ0n) is 12.6. The maximum Gasteiger partial charge on any atom is 0.195 e. The summed E-state index contributed by atoms with van der Waals surface area (Å²) in [7, 11) is 2.21. The average Bonchev–Trinajstić information content (AvgIpc) is 3.12. The number of nitrogens with zero attached hydrogens (tertiary/aromatic N) is 3. The lowest BCUT2D eigenvalue weighted by atomic mass is 10.2. The lowest BCUT2D eigenvalue weighted by Crippen LogP contribution is -2.31. The Kier molecular flexibility index (Phi) is 3.98. The smallest absolute Gasteiger partial charge is 0.195 e. The Bertz CT molecular complexity index is 565. The van der Waals surface area contributed by atoms with E-state index in [2.05, 4.69) is 47.1 Å². The molecule has 0 saturated heterocycles. The highest BCUT2D eigenvalue weighted by atomic mass is 32.1. The summed E-state index contributed by atoms with van der Waals surface area (Å²) in [5.74, 6) is 1.16. The molecule has 0 aliphatic heterocycles. The van der Waals surface area contributed by atoms with Crippen molar-refractivity contribution < 1.29 is 0 Å². The summed E-state index contributed by atoms with van der Waals surface area (Å²) in [6.07, 6.45) is 7.46. The second-order valence-corrected chi connectivity index (χ2v) is 6.90. The standard InChI is InChI=1S/C15H24N4S/c1-11(2)16-10-13-14(17-15-19(13)8-9-20-15)18(3)12-6-4-5-7-12/h8-9,11-12,16H,4-7,10H2,1-3H3. The first-order valence-corrected chi connectivity index (χ1v) is 8.45. The second kappa shape index (κ2) is 5.74. The van der Waals surface area contributed by atoms with Crippen molar-refractivity contribution in [2.75, 3.05) is 11.9 Å². The van der Waals surface area contributed by atoms with Gasteiger partial charge >= 0.3 is 0 Å². The van der Waals surface area contributed by atoms with E-state index in [0.29, 0.717) is 12.1 Å². The Morgan fingerprint density at radius 3 is 2.90 bits per heavy atom. The zero-order valence-corrected chi connectivity index (χ0v) is 13.4. The van der Waals surface area contributed by atoms with Crippen LogP contribution in [0.4, 0.5) is 5.82 Å². The molecule has 2 heterocycles. The minimum Gasteiger partial charge on any atom is -0.355 e. The molecule has 1 aliphatic rings. The van der Waals surface area contributed by atoms with Crippen molar-refractivity contribution in [2.45, 2.75) is 58.2 Å². The number of rotatable bonds is 5. The van der Waals surface area contributed by atoms with Gasteiger partial charge in [0.2, 0.25) is 0 Å². The number of hydrogen-bond donors (Lipinski definition) is 1. The number of fused-ring (bicyclic) bond motifs is 1. The minimum atomic E-state index is 0.490. The highest BCUT2D eigenvalue weighted by Gasteiger charge is 2.25. The molecule has 110 valence electrons. The zero-order chi connectivity index (χ0) is 14.1. The van der Waals surface area contributed by atoms with Gasteiger partial charge in [-0.1, -0.05) is 26.7 Å². The second-order valence-electron chi connectivity index (χ2n) is 6.02. The topological polar surface area (TPSA) is 32.6 Å². The SMILES string of the molecule is CC(C)NCc1c(N(C)C2CCCC2)nc2sccn12. The third-order valence-corrected chi connectivity index (χ3v) is 4.98. The minimum absolute atomic E-state index is 0.490. The van der Waals surface area contributed by atoms with Gasteiger partial charge in [0.25, 0.3) is 0 Å². The number of anilines is 1. The molecule has 1 fully saturated rings. The van der Waals surface area contributed by atoms with Gasteiger partial charge in [0.1, 0.15) is 0 Å². The van der Waals surface area contributed by atoms with Crippen LogP contribution in [0.15, 0.2) is 11.6 Å². The number of thiazole rings is 1. The van der Waals surface area contributed by atoms with Crippen molar-refractivity contribution in [1.29, 1.82) is 0 Å². The van der Waals surface area contributed by atoms with E-state index in [1.807, 2.05) is 0 Å². The van der Waals surface area contributed by atoms with Gasteiger partial charge in [-0.25, -0.2) is 4.98 Å². The summed E-state index contributed by atoms with van der Waals surface area (Å²) < 4.78 is 2.24. The molecule has 0 radical (unpaired) electrons. The van der Waals surface area contributed by atoms with E-state index < -0.39 is 0 Å². The van der Waals surface area contributed by atoms with E-state index in [9.17, 15) is 0 Å². The number of imidazole rings is 1. The van der Waals surface area contributed by atoms with Crippen molar-refractivity contribution in [1.82, 2.24) is 14.7 Å². The summed E-state index contributed by atoms with van der Waals surface area (Å²) in [5.41, 5.74) is 1.30. The summed E-state index contributed by atoms with van der Waals surface area (Å²) >= 11 is 1.71. The fourth-order valence-electron chi connectivity index (χ4n) is 3.03. The van der Waals surface area contributed by atoms with Crippen molar-refractivity contribution in [3.8, 4) is 0 Å². The van der Waals surface area contributed by atoms with Crippen molar-refractivity contribution in [2.24, 2.45) is 0 Å². The summed E-state index contributed by atoms with van der Waals surface area (Å²) in [6, 6.07) is 1.15. The predicted octanol–water partition coefficient (Wildman–Crippen LogP) is 3.27. The van der Waals surface area contributed by atoms with E-state index in [1.165, 1.54) is 31.4 Å². The Balaban J connectivity index is 1.91. The molecule has 2 aromatic rings. The lowest BCUT2D eigenvalue weighted by Gasteiger charge is -2.25. The maximum absolute atomic E-state index is 4.86. The highest BCUT2D eigenvalue weighted by molar-refractivity contribution is 7.15. The first-order valence-electron chi connectivity index (χ1n) is 7.57. The van der Waals surface area contributed by atoms with Crippen LogP contribution < -0.4 is 10.2 Å². The van der Waals surface area contributed by atoms with Gasteiger partial charge in [-0.3, -0.25) is 4.40 Å². The fraction of sp³-hybridized carbons (Fsp3) is 0.667. The van der Waals surface area contributed by atoms with Gasteiger partial charge in [0, 0.05) is 37.3 Å². The van der Waals surface area contributed by atoms with Crippen LogP contribution in [0.3, 0.4) is 0 Å². The molecule has 3 rings (SSSR count). The number of aromatic nitrogens is 2. The lowest BCUT2D eigenvalue weighted by molar-refractivity contribution is 0.575. The van der Waals surface area contributed by atoms with Crippen LogP contribution in [0.2, 0.25) is 0 Å². The molecule has 0 amide bonds. The molecule has 20 heavy (non-hydrogen) atoms. The predicted molar refractivity (Wildman–Crippen MR) is 85.7 cm³/mol. The van der Waals surface area contributed by atoms with Crippen LogP contribution in [-0.4, -0.2) is 28.5 Å². The molecule has 0 unspecified atom stereocenters. The molecule has 1 N–H and O–H groups in total. The molecule has 0 spiro atoms. The third-order valence-electron chi connectivity index (χ3n) is 4.22. The van der Waals surface area contributed by atoms with Crippen LogP contribution in [0.25, 0.3) is 4.96 Å². The fourth-order valence-corrected chi connectivity index (χ4v) is 3.76. The van der Waals surface area contributed by atoms with Crippen LogP contribution in [-0.2, 0) is 6.54 Å². The maximum atomic E-state index is 4.86. The van der Waals surface area contributed by atoms with E-state index in [0.717, 1.165) is 17.3 Å².